The number of ether oxygens (including phenoxy) is 1. The second kappa shape index (κ2) is 2.17. The van der Waals surface area contributed by atoms with Crippen molar-refractivity contribution in [3.63, 3.8) is 0 Å². The molecule has 0 spiro atoms. The predicted molar refractivity (Wildman–Crippen MR) is 29.8 cm³/mol. The summed E-state index contributed by atoms with van der Waals surface area (Å²) in [5.41, 5.74) is 0. The summed E-state index contributed by atoms with van der Waals surface area (Å²) in [6.07, 6.45) is 0.134. The maximum atomic E-state index is 10.6. The van der Waals surface area contributed by atoms with Crippen LogP contribution < -0.4 is 0 Å². The first-order valence-corrected chi connectivity index (χ1v) is 2.89. The number of rotatable bonds is 0. The summed E-state index contributed by atoms with van der Waals surface area (Å²) in [6.45, 7) is 1.72. The van der Waals surface area contributed by atoms with E-state index < -0.39 is 5.97 Å². The van der Waals surface area contributed by atoms with E-state index >= 15 is 0 Å². The molecule has 0 bridgehead atoms. The Kier molecular flexibility index (Phi) is 1.51. The number of Topliss-reactive ketones (excluding diaryl/α,β-unsaturated/α-hetero) is 1. The van der Waals surface area contributed by atoms with Gasteiger partial charge in [0, 0.05) is 6.42 Å². The molecule has 0 amide bonds. The van der Waals surface area contributed by atoms with Crippen LogP contribution in [0.5, 0.6) is 0 Å². The molecule has 0 aliphatic carbocycles. The molecule has 0 radical (unpaired) electrons. The van der Waals surface area contributed by atoms with Crippen LogP contribution in [0.15, 0.2) is 0 Å². The van der Waals surface area contributed by atoms with Gasteiger partial charge in [-0.05, 0) is 6.92 Å². The Hall–Kier alpha value is -0.860. The average Bonchev–Trinajstić information content (AvgIpc) is 1.59. The fourth-order valence-electron chi connectivity index (χ4n) is 0.861. The fourth-order valence-corrected chi connectivity index (χ4v) is 0.861. The first-order valence-electron chi connectivity index (χ1n) is 2.89. The zero-order valence-electron chi connectivity index (χ0n) is 5.22. The topological polar surface area (TPSA) is 43.4 Å². The van der Waals surface area contributed by atoms with Crippen molar-refractivity contribution in [1.29, 1.82) is 0 Å². The number of cyclic esters (lactones) is 1. The SMILES string of the molecule is C[C@H]1CC(=O)CC(=O)O1. The molecule has 0 saturated carbocycles. The minimum atomic E-state index is -0.390. The van der Waals surface area contributed by atoms with Crippen molar-refractivity contribution in [3.8, 4) is 0 Å². The van der Waals surface area contributed by atoms with Crippen LogP contribution in [0, 0.1) is 0 Å². The molecule has 50 valence electrons. The molecule has 9 heavy (non-hydrogen) atoms. The fraction of sp³-hybridized carbons (Fsp3) is 0.667. The van der Waals surface area contributed by atoms with Gasteiger partial charge in [-0.2, -0.15) is 0 Å². The average molecular weight is 128 g/mol. The van der Waals surface area contributed by atoms with Crippen molar-refractivity contribution < 1.29 is 14.3 Å². The van der Waals surface area contributed by atoms with E-state index in [1.807, 2.05) is 0 Å². The van der Waals surface area contributed by atoms with Crippen molar-refractivity contribution in [2.75, 3.05) is 0 Å². The van der Waals surface area contributed by atoms with Crippen LogP contribution in [0.25, 0.3) is 0 Å². The Morgan fingerprint density at radius 1 is 1.56 bits per heavy atom. The quantitative estimate of drug-likeness (QED) is 0.347. The Morgan fingerprint density at radius 3 is 2.67 bits per heavy atom. The normalized spacial score (nSPS) is 27.9. The van der Waals surface area contributed by atoms with Gasteiger partial charge in [0.2, 0.25) is 0 Å². The summed E-state index contributed by atoms with van der Waals surface area (Å²) in [6, 6.07) is 0. The third-order valence-corrected chi connectivity index (χ3v) is 1.19. The molecule has 3 heteroatoms. The second-order valence-corrected chi connectivity index (χ2v) is 2.22. The summed E-state index contributed by atoms with van der Waals surface area (Å²) < 4.78 is 4.70. The molecule has 1 fully saturated rings. The third kappa shape index (κ3) is 1.52. The Bertz CT molecular complexity index is 134. The van der Waals surface area contributed by atoms with Crippen molar-refractivity contribution in [2.45, 2.75) is 25.9 Å². The first-order chi connectivity index (χ1) is 4.18. The molecule has 1 rings (SSSR count). The van der Waals surface area contributed by atoms with Crippen LogP contribution in [0.4, 0.5) is 0 Å². The molecule has 0 aromatic heterocycles. The third-order valence-electron chi connectivity index (χ3n) is 1.19. The lowest BCUT2D eigenvalue weighted by atomic mass is 10.1. The van der Waals surface area contributed by atoms with Gasteiger partial charge in [0.15, 0.2) is 0 Å². The zero-order valence-corrected chi connectivity index (χ0v) is 5.22. The highest BCUT2D eigenvalue weighted by molar-refractivity contribution is 5.97. The molecule has 0 unspecified atom stereocenters. The molecule has 1 aliphatic heterocycles. The van der Waals surface area contributed by atoms with Crippen LogP contribution in [0.1, 0.15) is 19.8 Å². The first kappa shape index (κ1) is 6.26. The van der Waals surface area contributed by atoms with E-state index in [-0.39, 0.29) is 18.3 Å². The van der Waals surface area contributed by atoms with Crippen LogP contribution in [-0.2, 0) is 14.3 Å². The molecule has 0 aromatic rings. The molecule has 1 aliphatic rings. The second-order valence-electron chi connectivity index (χ2n) is 2.22. The van der Waals surface area contributed by atoms with Gasteiger partial charge < -0.3 is 4.74 Å². The number of hydrogen-bond donors (Lipinski definition) is 0. The van der Waals surface area contributed by atoms with Gasteiger partial charge in [-0.15, -0.1) is 0 Å². The van der Waals surface area contributed by atoms with Crippen LogP contribution in [-0.4, -0.2) is 17.9 Å². The number of carbonyl (C=O) groups excluding carboxylic acids is 2. The van der Waals surface area contributed by atoms with Crippen LogP contribution in [0.2, 0.25) is 0 Å². The maximum Gasteiger partial charge on any atom is 0.313 e. The van der Waals surface area contributed by atoms with Gasteiger partial charge in [-0.1, -0.05) is 0 Å². The van der Waals surface area contributed by atoms with Crippen LogP contribution >= 0.6 is 0 Å². The Balaban J connectivity index is 2.53. The molecule has 0 N–H and O–H groups in total. The van der Waals surface area contributed by atoms with E-state index in [2.05, 4.69) is 0 Å². The number of hydrogen-bond acceptors (Lipinski definition) is 3. The number of carbonyl (C=O) groups is 2. The minimum absolute atomic E-state index is 0.0150. The largest absolute Gasteiger partial charge is 0.462 e. The Morgan fingerprint density at radius 2 is 2.22 bits per heavy atom. The van der Waals surface area contributed by atoms with E-state index in [0.717, 1.165) is 0 Å². The monoisotopic (exact) mass is 128 g/mol. The molecule has 3 nitrogen and oxygen atoms in total. The van der Waals surface area contributed by atoms with E-state index in [1.54, 1.807) is 6.92 Å². The Labute approximate surface area is 53.0 Å². The summed E-state index contributed by atoms with van der Waals surface area (Å²) in [5, 5.41) is 0. The van der Waals surface area contributed by atoms with Gasteiger partial charge in [0.05, 0.1) is 0 Å². The van der Waals surface area contributed by atoms with E-state index in [0.29, 0.717) is 6.42 Å². The van der Waals surface area contributed by atoms with Crippen molar-refractivity contribution in [1.82, 2.24) is 0 Å². The van der Waals surface area contributed by atoms with Gasteiger partial charge in [-0.25, -0.2) is 0 Å². The highest BCUT2D eigenvalue weighted by atomic mass is 16.5. The van der Waals surface area contributed by atoms with Gasteiger partial charge in [0.1, 0.15) is 18.3 Å². The van der Waals surface area contributed by atoms with Gasteiger partial charge in [0.25, 0.3) is 0 Å². The van der Waals surface area contributed by atoms with Crippen molar-refractivity contribution in [2.24, 2.45) is 0 Å². The lowest BCUT2D eigenvalue weighted by Crippen LogP contribution is -2.27. The summed E-state index contributed by atoms with van der Waals surface area (Å²) in [5.74, 6) is -0.405. The molecule has 1 atom stereocenters. The number of esters is 1. The molecular formula is C6H8O3. The molecule has 1 heterocycles. The van der Waals surface area contributed by atoms with Crippen LogP contribution in [0.3, 0.4) is 0 Å². The van der Waals surface area contributed by atoms with Crippen molar-refractivity contribution >= 4 is 11.8 Å². The summed E-state index contributed by atoms with van der Waals surface area (Å²) in [4.78, 5) is 21.0. The van der Waals surface area contributed by atoms with Gasteiger partial charge in [-0.3, -0.25) is 9.59 Å². The molecule has 1 saturated heterocycles. The lowest BCUT2D eigenvalue weighted by molar-refractivity contribution is -0.156. The summed E-state index contributed by atoms with van der Waals surface area (Å²) >= 11 is 0. The van der Waals surface area contributed by atoms with Crippen molar-refractivity contribution in [3.05, 3.63) is 0 Å². The highest BCUT2D eigenvalue weighted by Crippen LogP contribution is 2.09. The van der Waals surface area contributed by atoms with E-state index in [1.165, 1.54) is 0 Å². The summed E-state index contributed by atoms with van der Waals surface area (Å²) in [7, 11) is 0. The molecule has 0 aromatic carbocycles. The predicted octanol–water partition coefficient (Wildman–Crippen LogP) is 0.281. The standard InChI is InChI=1S/C6H8O3/c1-4-2-5(7)3-6(8)9-4/h4H,2-3H2,1H3/t4-/m0/s1. The number of ketones is 1. The minimum Gasteiger partial charge on any atom is -0.462 e. The highest BCUT2D eigenvalue weighted by Gasteiger charge is 2.22. The zero-order chi connectivity index (χ0) is 6.85. The lowest BCUT2D eigenvalue weighted by Gasteiger charge is -2.16. The maximum absolute atomic E-state index is 10.6. The van der Waals surface area contributed by atoms with Gasteiger partial charge >= 0.3 is 5.97 Å². The van der Waals surface area contributed by atoms with E-state index in [9.17, 15) is 9.59 Å². The molecular weight excluding hydrogens is 120 g/mol. The smallest absolute Gasteiger partial charge is 0.313 e. The van der Waals surface area contributed by atoms with E-state index in [4.69, 9.17) is 4.74 Å².